The van der Waals surface area contributed by atoms with Crippen molar-refractivity contribution >= 4 is 34.4 Å². The van der Waals surface area contributed by atoms with Crippen LogP contribution in [0, 0.1) is 10.1 Å². The summed E-state index contributed by atoms with van der Waals surface area (Å²) in [4.78, 5) is 39.8. The zero-order chi connectivity index (χ0) is 22.5. The largest absolute Gasteiger partial charge is 0.385 e. The van der Waals surface area contributed by atoms with E-state index in [0.717, 1.165) is 5.69 Å². The molecule has 0 aromatic heterocycles. The molecule has 0 fully saturated rings. The number of rotatable bonds is 9. The monoisotopic (exact) mass is 424 g/mol. The molecular weight excluding hydrogens is 400 g/mol. The summed E-state index contributed by atoms with van der Waals surface area (Å²) in [5.41, 5.74) is 2.32. The van der Waals surface area contributed by atoms with Crippen LogP contribution in [0.15, 0.2) is 54.2 Å². The third-order valence-corrected chi connectivity index (χ3v) is 4.92. The Hall–Kier alpha value is -3.72. The Morgan fingerprint density at radius 3 is 2.23 bits per heavy atom. The Morgan fingerprint density at radius 2 is 1.68 bits per heavy atom. The summed E-state index contributed by atoms with van der Waals surface area (Å²) in [6, 6.07) is 13.0. The number of nitrogens with zero attached hydrogens (tertiary/aromatic N) is 3. The van der Waals surface area contributed by atoms with E-state index in [1.807, 2.05) is 43.3 Å². The minimum atomic E-state index is -0.512. The second-order valence-corrected chi connectivity index (χ2v) is 7.23. The third-order valence-electron chi connectivity index (χ3n) is 4.92. The highest BCUT2D eigenvalue weighted by atomic mass is 16.6. The van der Waals surface area contributed by atoms with Crippen molar-refractivity contribution in [2.45, 2.75) is 6.42 Å². The van der Waals surface area contributed by atoms with E-state index in [-0.39, 0.29) is 23.5 Å². The first-order valence-corrected chi connectivity index (χ1v) is 9.72. The van der Waals surface area contributed by atoms with Gasteiger partial charge in [-0.05, 0) is 48.4 Å². The molecule has 9 heteroatoms. The van der Waals surface area contributed by atoms with Crippen molar-refractivity contribution in [3.63, 3.8) is 0 Å². The predicted octanol–water partition coefficient (Wildman–Crippen LogP) is 2.89. The topological polar surface area (TPSA) is 105 Å². The minimum Gasteiger partial charge on any atom is -0.385 e. The lowest BCUT2D eigenvalue weighted by Gasteiger charge is -2.15. The van der Waals surface area contributed by atoms with Crippen LogP contribution in [0.25, 0.3) is 5.57 Å². The number of carbonyl (C=O) groups is 2. The standard InChI is InChI=1S/C22H24N4O5/c1-24(2)17-11-7-16(8-12-17)23-20-19(15-5-9-18(10-6-15)26(29)30)21(27)25(22(20)28)13-4-14-31-3/h5-12,23H,4,13-14H2,1-3H3. The summed E-state index contributed by atoms with van der Waals surface area (Å²) >= 11 is 0. The van der Waals surface area contributed by atoms with Gasteiger partial charge in [-0.3, -0.25) is 24.6 Å². The lowest BCUT2D eigenvalue weighted by molar-refractivity contribution is -0.384. The summed E-state index contributed by atoms with van der Waals surface area (Å²) in [5.74, 6) is -0.881. The van der Waals surface area contributed by atoms with Gasteiger partial charge in [0.2, 0.25) is 0 Å². The molecule has 2 amide bonds. The second kappa shape index (κ2) is 9.40. The van der Waals surface area contributed by atoms with Gasteiger partial charge in [0.25, 0.3) is 17.5 Å². The average Bonchev–Trinajstić information content (AvgIpc) is 2.98. The molecule has 2 aromatic carbocycles. The van der Waals surface area contributed by atoms with Crippen LogP contribution in [0.2, 0.25) is 0 Å². The van der Waals surface area contributed by atoms with E-state index in [0.29, 0.717) is 24.3 Å². The lowest BCUT2D eigenvalue weighted by Crippen LogP contribution is -2.33. The Bertz CT molecular complexity index is 1010. The molecule has 0 unspecified atom stereocenters. The van der Waals surface area contributed by atoms with E-state index >= 15 is 0 Å². The minimum absolute atomic E-state index is 0.0909. The smallest absolute Gasteiger partial charge is 0.278 e. The molecule has 0 spiro atoms. The van der Waals surface area contributed by atoms with Crippen molar-refractivity contribution in [3.05, 3.63) is 69.9 Å². The number of nitro groups is 1. The fraction of sp³-hybridized carbons (Fsp3) is 0.273. The first-order valence-electron chi connectivity index (χ1n) is 9.72. The molecule has 0 radical (unpaired) electrons. The number of ether oxygens (including phenoxy) is 1. The average molecular weight is 424 g/mol. The maximum Gasteiger partial charge on any atom is 0.278 e. The number of hydrogen-bond acceptors (Lipinski definition) is 7. The van der Waals surface area contributed by atoms with Crippen LogP contribution >= 0.6 is 0 Å². The molecule has 31 heavy (non-hydrogen) atoms. The Balaban J connectivity index is 1.97. The van der Waals surface area contributed by atoms with Crippen LogP contribution in [0.4, 0.5) is 17.1 Å². The zero-order valence-corrected chi connectivity index (χ0v) is 17.6. The van der Waals surface area contributed by atoms with Crippen molar-refractivity contribution in [1.29, 1.82) is 0 Å². The SMILES string of the molecule is COCCCN1C(=O)C(Nc2ccc(N(C)C)cc2)=C(c2ccc([N+](=O)[O-])cc2)C1=O. The van der Waals surface area contributed by atoms with Crippen molar-refractivity contribution in [2.75, 3.05) is 44.6 Å². The van der Waals surface area contributed by atoms with Crippen molar-refractivity contribution in [2.24, 2.45) is 0 Å². The van der Waals surface area contributed by atoms with E-state index in [9.17, 15) is 19.7 Å². The maximum absolute atomic E-state index is 13.1. The van der Waals surface area contributed by atoms with Crippen LogP contribution in [-0.2, 0) is 14.3 Å². The molecule has 162 valence electrons. The molecule has 0 bridgehead atoms. The van der Waals surface area contributed by atoms with Crippen LogP contribution < -0.4 is 10.2 Å². The molecule has 1 aliphatic heterocycles. The third kappa shape index (κ3) is 4.72. The molecule has 9 nitrogen and oxygen atoms in total. The van der Waals surface area contributed by atoms with Gasteiger partial charge in [-0.15, -0.1) is 0 Å². The highest BCUT2D eigenvalue weighted by Crippen LogP contribution is 2.31. The van der Waals surface area contributed by atoms with Crippen LogP contribution in [0.1, 0.15) is 12.0 Å². The van der Waals surface area contributed by atoms with E-state index in [2.05, 4.69) is 5.32 Å². The van der Waals surface area contributed by atoms with E-state index in [1.165, 1.54) is 29.2 Å². The van der Waals surface area contributed by atoms with Crippen LogP contribution in [-0.4, -0.2) is 56.0 Å². The van der Waals surface area contributed by atoms with Crippen LogP contribution in [0.3, 0.4) is 0 Å². The van der Waals surface area contributed by atoms with Crippen LogP contribution in [0.5, 0.6) is 0 Å². The van der Waals surface area contributed by atoms with E-state index < -0.39 is 16.7 Å². The van der Waals surface area contributed by atoms with Gasteiger partial charge in [0, 0.05) is 57.9 Å². The number of amides is 2. The van der Waals surface area contributed by atoms with Gasteiger partial charge >= 0.3 is 0 Å². The van der Waals surface area contributed by atoms with Gasteiger partial charge in [-0.1, -0.05) is 0 Å². The molecule has 0 saturated heterocycles. The van der Waals surface area contributed by atoms with E-state index in [4.69, 9.17) is 4.74 Å². The summed E-state index contributed by atoms with van der Waals surface area (Å²) in [5, 5.41) is 14.0. The molecule has 0 atom stereocenters. The number of imide groups is 1. The number of benzene rings is 2. The molecule has 0 aliphatic carbocycles. The number of methoxy groups -OCH3 is 1. The first-order chi connectivity index (χ1) is 14.8. The molecule has 1 heterocycles. The van der Waals surface area contributed by atoms with Gasteiger partial charge in [-0.25, -0.2) is 0 Å². The summed E-state index contributed by atoms with van der Waals surface area (Å²) in [6.45, 7) is 0.630. The number of nitro benzene ring substituents is 1. The zero-order valence-electron chi connectivity index (χ0n) is 17.6. The summed E-state index contributed by atoms with van der Waals surface area (Å²) < 4.78 is 5.03. The predicted molar refractivity (Wildman–Crippen MR) is 118 cm³/mol. The fourth-order valence-corrected chi connectivity index (χ4v) is 3.27. The Labute approximate surface area is 180 Å². The summed E-state index contributed by atoms with van der Waals surface area (Å²) in [7, 11) is 5.40. The first kappa shape index (κ1) is 22.0. The summed E-state index contributed by atoms with van der Waals surface area (Å²) in [6.07, 6.45) is 0.506. The number of anilines is 2. The number of non-ortho nitro benzene ring substituents is 1. The van der Waals surface area contributed by atoms with Gasteiger partial charge in [-0.2, -0.15) is 0 Å². The molecular formula is C22H24N4O5. The van der Waals surface area contributed by atoms with E-state index in [1.54, 1.807) is 7.11 Å². The second-order valence-electron chi connectivity index (χ2n) is 7.23. The van der Waals surface area contributed by atoms with Gasteiger partial charge in [0.15, 0.2) is 0 Å². The number of nitrogens with one attached hydrogen (secondary N) is 1. The number of hydrogen-bond donors (Lipinski definition) is 1. The highest BCUT2D eigenvalue weighted by molar-refractivity contribution is 6.36. The molecule has 1 N–H and O–H groups in total. The Kier molecular flexibility index (Phi) is 6.66. The normalized spacial score (nSPS) is 13.7. The molecule has 2 aromatic rings. The Morgan fingerprint density at radius 1 is 1.03 bits per heavy atom. The van der Waals surface area contributed by atoms with Gasteiger partial charge in [0.1, 0.15) is 5.70 Å². The number of carbonyl (C=O) groups excluding carboxylic acids is 2. The van der Waals surface area contributed by atoms with Crippen molar-refractivity contribution in [3.8, 4) is 0 Å². The molecule has 0 saturated carbocycles. The highest BCUT2D eigenvalue weighted by Gasteiger charge is 2.39. The fourth-order valence-electron chi connectivity index (χ4n) is 3.27. The lowest BCUT2D eigenvalue weighted by atomic mass is 10.0. The van der Waals surface area contributed by atoms with Crippen molar-refractivity contribution in [1.82, 2.24) is 4.90 Å². The molecule has 1 aliphatic rings. The van der Waals surface area contributed by atoms with Gasteiger partial charge < -0.3 is 15.0 Å². The maximum atomic E-state index is 13.1. The molecule has 3 rings (SSSR count). The van der Waals surface area contributed by atoms with Crippen molar-refractivity contribution < 1.29 is 19.2 Å². The van der Waals surface area contributed by atoms with Gasteiger partial charge in [0.05, 0.1) is 10.5 Å². The quantitative estimate of drug-likeness (QED) is 0.286.